The maximum absolute atomic E-state index is 12.6. The van der Waals surface area contributed by atoms with Gasteiger partial charge in [0.1, 0.15) is 11.8 Å². The molecule has 1 aliphatic heterocycles. The van der Waals surface area contributed by atoms with Crippen LogP contribution in [-0.2, 0) is 24.6 Å². The van der Waals surface area contributed by atoms with Crippen LogP contribution in [-0.4, -0.2) is 75.8 Å². The number of likely N-dealkylation sites (tertiary alicyclic amines) is 1. The molecule has 11 heteroatoms. The van der Waals surface area contributed by atoms with Gasteiger partial charge in [-0.25, -0.2) is 9.59 Å². The van der Waals surface area contributed by atoms with Gasteiger partial charge in [0, 0.05) is 12.0 Å². The molecule has 0 aromatic heterocycles. The third kappa shape index (κ3) is 8.72. The van der Waals surface area contributed by atoms with E-state index in [4.69, 9.17) is 4.74 Å². The summed E-state index contributed by atoms with van der Waals surface area (Å²) in [7, 11) is 2.09. The van der Waals surface area contributed by atoms with E-state index < -0.39 is 54.2 Å². The molecule has 1 aromatic rings. The van der Waals surface area contributed by atoms with Crippen molar-refractivity contribution in [1.82, 2.24) is 10.2 Å². The molecule has 1 fully saturated rings. The van der Waals surface area contributed by atoms with E-state index in [0.29, 0.717) is 0 Å². The summed E-state index contributed by atoms with van der Waals surface area (Å²) < 4.78 is 5.38. The molecule has 1 aliphatic rings. The number of carbonyl (C=O) groups is 4. The predicted octanol–water partition coefficient (Wildman–Crippen LogP) is 2.29. The monoisotopic (exact) mass is 540 g/mol. The first-order valence-corrected chi connectivity index (χ1v) is 12.3. The van der Waals surface area contributed by atoms with E-state index in [-0.39, 0.29) is 24.7 Å². The number of likely N-dealkylation sites (N-methyl/N-ethyl adjacent to an activating group) is 1. The number of hydrogen-bond donors (Lipinski definition) is 4. The van der Waals surface area contributed by atoms with Gasteiger partial charge in [0.25, 0.3) is 0 Å². The Labute approximate surface area is 224 Å². The predicted molar refractivity (Wildman–Crippen MR) is 142 cm³/mol. The van der Waals surface area contributed by atoms with Crippen LogP contribution in [0.25, 0.3) is 0 Å². The number of carbonyl (C=O) groups excluding carboxylic acids is 2. The van der Waals surface area contributed by atoms with Crippen molar-refractivity contribution in [2.24, 2.45) is 5.92 Å². The van der Waals surface area contributed by atoms with Gasteiger partial charge in [-0.2, -0.15) is 13.5 Å². The normalized spacial score (nSPS) is 20.6. The molecule has 1 saturated heterocycles. The number of esters is 1. The van der Waals surface area contributed by atoms with E-state index in [1.165, 1.54) is 0 Å². The van der Waals surface area contributed by atoms with E-state index in [9.17, 15) is 34.5 Å². The Hall–Kier alpha value is -2.63. The molecule has 10 nitrogen and oxygen atoms in total. The van der Waals surface area contributed by atoms with E-state index >= 15 is 0 Å². The molecular weight excluding hydrogens is 500 g/mol. The first-order valence-electron chi connectivity index (χ1n) is 12.3. The molecular formula is C26H40N2O8S. The molecule has 0 spiro atoms. The lowest BCUT2D eigenvalue weighted by molar-refractivity contribution is -0.167. The zero-order valence-electron chi connectivity index (χ0n) is 22.0. The van der Waals surface area contributed by atoms with Crippen LogP contribution in [0.2, 0.25) is 0 Å². The topological polar surface area (TPSA) is 153 Å². The molecule has 1 aromatic carbocycles. The first-order chi connectivity index (χ1) is 16.8. The number of hydrogen-bond acceptors (Lipinski definition) is 7. The van der Waals surface area contributed by atoms with Gasteiger partial charge < -0.3 is 30.3 Å². The van der Waals surface area contributed by atoms with E-state index in [0.717, 1.165) is 44.3 Å². The van der Waals surface area contributed by atoms with E-state index in [2.05, 4.69) is 24.2 Å². The average Bonchev–Trinajstić information content (AvgIpc) is 2.98. The Morgan fingerprint density at radius 1 is 1.16 bits per heavy atom. The van der Waals surface area contributed by atoms with Crippen LogP contribution in [0.4, 0.5) is 0 Å². The molecule has 0 aliphatic carbocycles. The number of carboxylic acid groups (broad SMARTS) is 2. The zero-order chi connectivity index (χ0) is 27.1. The van der Waals surface area contributed by atoms with Crippen molar-refractivity contribution in [2.45, 2.75) is 76.4 Å². The number of benzene rings is 1. The Bertz CT molecular complexity index is 972. The molecule has 2 rings (SSSR count). The molecule has 37 heavy (non-hydrogen) atoms. The van der Waals surface area contributed by atoms with Crippen molar-refractivity contribution >= 4 is 37.3 Å². The van der Waals surface area contributed by atoms with Crippen molar-refractivity contribution in [2.75, 3.05) is 20.1 Å². The summed E-state index contributed by atoms with van der Waals surface area (Å²) in [5.74, 6) is -5.35. The third-order valence-corrected chi connectivity index (χ3v) is 6.91. The average molecular weight is 541 g/mol. The lowest BCUT2D eigenvalue weighted by Gasteiger charge is -2.35. The molecule has 0 bridgehead atoms. The summed E-state index contributed by atoms with van der Waals surface area (Å²) in [6.45, 7) is 7.15. The number of aliphatic hydroxyl groups is 1. The number of aliphatic carboxylic acids is 2. The number of amides is 1. The van der Waals surface area contributed by atoms with Crippen molar-refractivity contribution in [3.8, 4) is 5.75 Å². The second-order valence-electron chi connectivity index (χ2n) is 10.1. The Balaban J connectivity index is 0.00000684. The minimum atomic E-state index is -2.76. The fraction of sp³-hybridized carbons (Fsp3) is 0.615. The Kier molecular flexibility index (Phi) is 12.1. The minimum Gasteiger partial charge on any atom is -0.480 e. The summed E-state index contributed by atoms with van der Waals surface area (Å²) in [5, 5.41) is 31.5. The maximum Gasteiger partial charge on any atom is 0.336 e. The van der Waals surface area contributed by atoms with Crippen LogP contribution in [0.3, 0.4) is 0 Å². The van der Waals surface area contributed by atoms with E-state index in [1.807, 2.05) is 6.07 Å². The summed E-state index contributed by atoms with van der Waals surface area (Å²) in [5.41, 5.74) is -1.84. The minimum absolute atomic E-state index is 0. The fourth-order valence-corrected chi connectivity index (χ4v) is 4.76. The highest BCUT2D eigenvalue weighted by Gasteiger charge is 2.42. The van der Waals surface area contributed by atoms with Crippen molar-refractivity contribution < 1.29 is 39.2 Å². The second kappa shape index (κ2) is 13.8. The van der Waals surface area contributed by atoms with Crippen molar-refractivity contribution in [1.29, 1.82) is 0 Å². The number of nitrogens with one attached hydrogen (secondary N) is 1. The van der Waals surface area contributed by atoms with Crippen molar-refractivity contribution in [3.63, 3.8) is 0 Å². The zero-order valence-corrected chi connectivity index (χ0v) is 23.0. The van der Waals surface area contributed by atoms with Crippen LogP contribution >= 0.6 is 13.5 Å². The molecule has 1 amide bonds. The van der Waals surface area contributed by atoms with Gasteiger partial charge in [0.05, 0.1) is 12.8 Å². The van der Waals surface area contributed by atoms with Crippen LogP contribution in [0.5, 0.6) is 5.75 Å². The number of ether oxygens (including phenoxy) is 1. The molecule has 1 unspecified atom stereocenters. The van der Waals surface area contributed by atoms with Crippen LogP contribution in [0, 0.1) is 5.92 Å². The summed E-state index contributed by atoms with van der Waals surface area (Å²) >= 11 is 0. The highest BCUT2D eigenvalue weighted by atomic mass is 32.1. The largest absolute Gasteiger partial charge is 0.480 e. The van der Waals surface area contributed by atoms with Crippen LogP contribution in [0.1, 0.15) is 64.9 Å². The number of carboxylic acids is 2. The highest BCUT2D eigenvalue weighted by molar-refractivity contribution is 7.59. The molecule has 4 N–H and O–H groups in total. The molecule has 0 saturated carbocycles. The Morgan fingerprint density at radius 3 is 2.41 bits per heavy atom. The fourth-order valence-electron chi connectivity index (χ4n) is 4.76. The Morgan fingerprint density at radius 2 is 1.84 bits per heavy atom. The smallest absolute Gasteiger partial charge is 0.336 e. The van der Waals surface area contributed by atoms with Gasteiger partial charge in [-0.1, -0.05) is 39.3 Å². The maximum atomic E-state index is 12.6. The highest BCUT2D eigenvalue weighted by Crippen LogP contribution is 2.37. The van der Waals surface area contributed by atoms with Gasteiger partial charge in [0.15, 0.2) is 5.60 Å². The quantitative estimate of drug-likeness (QED) is 0.244. The van der Waals surface area contributed by atoms with E-state index in [1.54, 1.807) is 32.0 Å². The van der Waals surface area contributed by atoms with Gasteiger partial charge in [-0.05, 0) is 56.5 Å². The summed E-state index contributed by atoms with van der Waals surface area (Å²) in [6.07, 6.45) is 2.09. The standard InChI is InChI=1S/C26H38N2O8.H2S/c1-5-25(11-6-7-12-28(4)16-25)18-9-8-10-19(13-18)36-21(30)15-26(35,24(33)34)14-20(29)27-22(17(2)3)23(31)32;/h8-10,13,17,22,35H,5-7,11-12,14-16H2,1-4H3,(H,27,29)(H,31,32)(H,33,34);1H2/t22-,25?,26+;/m0./s1. The van der Waals surface area contributed by atoms with Gasteiger partial charge in [-0.3, -0.25) is 9.59 Å². The number of rotatable bonds is 11. The SMILES string of the molecule is CCC1(c2cccc(OC(=O)C[C@](O)(CC(=O)N[C@H](C(=O)O)C(C)C)C(=O)O)c2)CCCCN(C)C1.S. The lowest BCUT2D eigenvalue weighted by atomic mass is 9.74. The molecule has 208 valence electrons. The second-order valence-corrected chi connectivity index (χ2v) is 10.1. The number of nitrogens with zero attached hydrogens (tertiary/aromatic N) is 1. The molecule has 3 atom stereocenters. The van der Waals surface area contributed by atoms with Crippen LogP contribution in [0.15, 0.2) is 24.3 Å². The van der Waals surface area contributed by atoms with Gasteiger partial charge >= 0.3 is 17.9 Å². The molecule has 0 radical (unpaired) electrons. The van der Waals surface area contributed by atoms with Gasteiger partial charge in [-0.15, -0.1) is 0 Å². The molecule has 1 heterocycles. The van der Waals surface area contributed by atoms with Crippen LogP contribution < -0.4 is 10.1 Å². The first kappa shape index (κ1) is 32.4. The summed E-state index contributed by atoms with van der Waals surface area (Å²) in [6, 6.07) is 5.85. The van der Waals surface area contributed by atoms with Gasteiger partial charge in [0.2, 0.25) is 5.91 Å². The lowest BCUT2D eigenvalue weighted by Crippen LogP contribution is -2.50. The third-order valence-electron chi connectivity index (χ3n) is 6.91. The van der Waals surface area contributed by atoms with Crippen molar-refractivity contribution in [3.05, 3.63) is 29.8 Å². The summed E-state index contributed by atoms with van der Waals surface area (Å²) in [4.78, 5) is 50.3.